The number of rotatable bonds is 7. The van der Waals surface area contributed by atoms with E-state index in [2.05, 4.69) is 10.6 Å². The van der Waals surface area contributed by atoms with Gasteiger partial charge in [0.2, 0.25) is 11.8 Å². The van der Waals surface area contributed by atoms with Crippen LogP contribution >= 0.6 is 11.6 Å². The highest BCUT2D eigenvalue weighted by atomic mass is 35.5. The number of nitrogens with one attached hydrogen (secondary N) is 2. The van der Waals surface area contributed by atoms with Crippen LogP contribution in [0.1, 0.15) is 19.4 Å². The van der Waals surface area contributed by atoms with Gasteiger partial charge in [0.15, 0.2) is 0 Å². The van der Waals surface area contributed by atoms with E-state index in [9.17, 15) is 14.4 Å². The van der Waals surface area contributed by atoms with Crippen LogP contribution < -0.4 is 16.4 Å². The summed E-state index contributed by atoms with van der Waals surface area (Å²) in [5, 5.41) is 5.70. The summed E-state index contributed by atoms with van der Waals surface area (Å²) in [6.07, 6.45) is 0. The topological polar surface area (TPSA) is 105 Å². The number of hydrogen-bond acceptors (Lipinski definition) is 3. The van der Waals surface area contributed by atoms with Gasteiger partial charge in [-0.25, -0.2) is 4.79 Å². The third kappa shape index (κ3) is 7.01. The Morgan fingerprint density at radius 1 is 1.17 bits per heavy atom. The van der Waals surface area contributed by atoms with E-state index in [1.54, 1.807) is 38.1 Å². The zero-order valence-corrected chi connectivity index (χ0v) is 13.9. The molecule has 0 fully saturated rings. The summed E-state index contributed by atoms with van der Waals surface area (Å²) in [4.78, 5) is 36.0. The Hall–Kier alpha value is -2.28. The van der Waals surface area contributed by atoms with Crippen LogP contribution in [0.5, 0.6) is 0 Å². The van der Waals surface area contributed by atoms with E-state index in [0.29, 0.717) is 11.6 Å². The molecule has 1 aromatic rings. The molecule has 8 heteroatoms. The highest BCUT2D eigenvalue weighted by molar-refractivity contribution is 6.30. The van der Waals surface area contributed by atoms with E-state index in [1.165, 1.54) is 4.90 Å². The third-order valence-corrected chi connectivity index (χ3v) is 3.29. The van der Waals surface area contributed by atoms with Crippen LogP contribution in [-0.2, 0) is 16.1 Å². The van der Waals surface area contributed by atoms with E-state index in [-0.39, 0.29) is 25.0 Å². The van der Waals surface area contributed by atoms with Crippen molar-refractivity contribution in [3.8, 4) is 0 Å². The zero-order chi connectivity index (χ0) is 17.4. The number of primary amides is 1. The Labute approximate surface area is 140 Å². The molecule has 0 aliphatic heterocycles. The quantitative estimate of drug-likeness (QED) is 0.685. The fraction of sp³-hybridized carbons (Fsp3) is 0.400. The molecular formula is C15H21ClN4O3. The molecule has 7 nitrogen and oxygen atoms in total. The fourth-order valence-electron chi connectivity index (χ4n) is 1.83. The van der Waals surface area contributed by atoms with Crippen LogP contribution in [0.2, 0.25) is 5.02 Å². The van der Waals surface area contributed by atoms with Gasteiger partial charge < -0.3 is 21.3 Å². The molecule has 0 aliphatic rings. The van der Waals surface area contributed by atoms with Crippen molar-refractivity contribution in [2.75, 3.05) is 13.1 Å². The molecule has 1 rings (SSSR count). The van der Waals surface area contributed by atoms with Crippen LogP contribution in [-0.4, -0.2) is 41.9 Å². The van der Waals surface area contributed by atoms with Gasteiger partial charge in [0.25, 0.3) is 0 Å². The molecule has 0 bridgehead atoms. The molecule has 23 heavy (non-hydrogen) atoms. The van der Waals surface area contributed by atoms with Crippen molar-refractivity contribution in [1.82, 2.24) is 15.5 Å². The van der Waals surface area contributed by atoms with Crippen molar-refractivity contribution in [2.24, 2.45) is 5.73 Å². The van der Waals surface area contributed by atoms with Crippen molar-refractivity contribution in [2.45, 2.75) is 26.4 Å². The SMILES string of the molecule is CC(C)N(CC(N)=O)C(=O)CNC(=O)NCc1ccc(Cl)cc1. The first kappa shape index (κ1) is 18.8. The predicted octanol–water partition coefficient (Wildman–Crippen LogP) is 0.862. The van der Waals surface area contributed by atoms with E-state index >= 15 is 0 Å². The summed E-state index contributed by atoms with van der Waals surface area (Å²) in [5.41, 5.74) is 5.99. The maximum atomic E-state index is 12.0. The molecule has 0 saturated heterocycles. The Bertz CT molecular complexity index is 560. The lowest BCUT2D eigenvalue weighted by Crippen LogP contribution is -2.48. The second kappa shape index (κ2) is 8.99. The van der Waals surface area contributed by atoms with Gasteiger partial charge in [-0.05, 0) is 31.5 Å². The first-order valence-electron chi connectivity index (χ1n) is 7.13. The van der Waals surface area contributed by atoms with Gasteiger partial charge in [-0.1, -0.05) is 23.7 Å². The Kier molecular flexibility index (Phi) is 7.34. The summed E-state index contributed by atoms with van der Waals surface area (Å²) < 4.78 is 0. The van der Waals surface area contributed by atoms with E-state index < -0.39 is 11.9 Å². The van der Waals surface area contributed by atoms with Gasteiger partial charge >= 0.3 is 6.03 Å². The molecule has 4 amide bonds. The fourth-order valence-corrected chi connectivity index (χ4v) is 1.96. The average Bonchev–Trinajstić information content (AvgIpc) is 2.49. The third-order valence-electron chi connectivity index (χ3n) is 3.04. The number of nitrogens with two attached hydrogens (primary N) is 1. The normalized spacial score (nSPS) is 10.3. The molecule has 4 N–H and O–H groups in total. The number of amides is 4. The van der Waals surface area contributed by atoms with E-state index in [0.717, 1.165) is 5.56 Å². The number of carbonyl (C=O) groups excluding carboxylic acids is 3. The number of carbonyl (C=O) groups is 3. The lowest BCUT2D eigenvalue weighted by atomic mass is 10.2. The summed E-state index contributed by atoms with van der Waals surface area (Å²) in [7, 11) is 0. The van der Waals surface area contributed by atoms with Crippen LogP contribution in [0.4, 0.5) is 4.79 Å². The van der Waals surface area contributed by atoms with Gasteiger partial charge in [0.05, 0.1) is 13.1 Å². The molecule has 0 radical (unpaired) electrons. The van der Waals surface area contributed by atoms with Gasteiger partial charge in [0.1, 0.15) is 0 Å². The van der Waals surface area contributed by atoms with Crippen molar-refractivity contribution in [3.05, 3.63) is 34.9 Å². The lowest BCUT2D eigenvalue weighted by molar-refractivity contribution is -0.135. The number of benzene rings is 1. The number of nitrogens with zero attached hydrogens (tertiary/aromatic N) is 1. The van der Waals surface area contributed by atoms with Crippen molar-refractivity contribution in [1.29, 1.82) is 0 Å². The zero-order valence-electron chi connectivity index (χ0n) is 13.1. The smallest absolute Gasteiger partial charge is 0.315 e. The minimum atomic E-state index is -0.598. The second-order valence-electron chi connectivity index (χ2n) is 5.24. The minimum absolute atomic E-state index is 0.176. The Balaban J connectivity index is 2.40. The van der Waals surface area contributed by atoms with Crippen molar-refractivity contribution in [3.63, 3.8) is 0 Å². The van der Waals surface area contributed by atoms with Gasteiger partial charge in [-0.3, -0.25) is 9.59 Å². The van der Waals surface area contributed by atoms with Gasteiger partial charge in [-0.15, -0.1) is 0 Å². The molecule has 0 saturated carbocycles. The molecule has 1 aromatic carbocycles. The van der Waals surface area contributed by atoms with E-state index in [4.69, 9.17) is 17.3 Å². The van der Waals surface area contributed by atoms with Gasteiger partial charge in [0, 0.05) is 17.6 Å². The maximum Gasteiger partial charge on any atom is 0.315 e. The summed E-state index contributed by atoms with van der Waals surface area (Å²) in [5.74, 6) is -0.973. The molecule has 0 aromatic heterocycles. The highest BCUT2D eigenvalue weighted by Gasteiger charge is 2.19. The monoisotopic (exact) mass is 340 g/mol. The van der Waals surface area contributed by atoms with Crippen LogP contribution in [0, 0.1) is 0 Å². The second-order valence-corrected chi connectivity index (χ2v) is 5.68. The summed E-state index contributed by atoms with van der Waals surface area (Å²) in [6, 6.07) is 6.38. The van der Waals surface area contributed by atoms with Crippen molar-refractivity contribution >= 4 is 29.4 Å². The Morgan fingerprint density at radius 2 is 1.78 bits per heavy atom. The van der Waals surface area contributed by atoms with Crippen LogP contribution in [0.15, 0.2) is 24.3 Å². The lowest BCUT2D eigenvalue weighted by Gasteiger charge is -2.25. The van der Waals surface area contributed by atoms with Crippen molar-refractivity contribution < 1.29 is 14.4 Å². The molecular weight excluding hydrogens is 320 g/mol. The molecule has 0 atom stereocenters. The highest BCUT2D eigenvalue weighted by Crippen LogP contribution is 2.08. The summed E-state index contributed by atoms with van der Waals surface area (Å²) in [6.45, 7) is 3.46. The first-order valence-corrected chi connectivity index (χ1v) is 7.51. The number of halogens is 1. The van der Waals surface area contributed by atoms with Gasteiger partial charge in [-0.2, -0.15) is 0 Å². The van der Waals surface area contributed by atoms with Crippen LogP contribution in [0.25, 0.3) is 0 Å². The molecule has 0 unspecified atom stereocenters. The maximum absolute atomic E-state index is 12.0. The largest absolute Gasteiger partial charge is 0.368 e. The minimum Gasteiger partial charge on any atom is -0.368 e. The Morgan fingerprint density at radius 3 is 2.30 bits per heavy atom. The number of urea groups is 1. The standard InChI is InChI=1S/C15H21ClN4O3/c1-10(2)20(9-13(17)21)14(22)8-19-15(23)18-7-11-3-5-12(16)6-4-11/h3-6,10H,7-9H2,1-2H3,(H2,17,21)(H2,18,19,23). The summed E-state index contributed by atoms with van der Waals surface area (Å²) >= 11 is 5.78. The molecule has 0 aliphatic carbocycles. The number of hydrogen-bond donors (Lipinski definition) is 3. The molecule has 0 heterocycles. The predicted molar refractivity (Wildman–Crippen MR) is 87.7 cm³/mol. The van der Waals surface area contributed by atoms with Crippen LogP contribution in [0.3, 0.4) is 0 Å². The van der Waals surface area contributed by atoms with E-state index in [1.807, 2.05) is 0 Å². The first-order chi connectivity index (χ1) is 10.8. The molecule has 126 valence electrons. The average molecular weight is 341 g/mol. The molecule has 0 spiro atoms.